The maximum Gasteiger partial charge on any atom is 0.472 e. The maximum absolute atomic E-state index is 11.8. The summed E-state index contributed by atoms with van der Waals surface area (Å²) in [5.41, 5.74) is -1.38. The number of aromatic nitrogens is 2. The molecule has 0 aliphatic heterocycles. The quantitative estimate of drug-likeness (QED) is 0.452. The molecule has 0 aliphatic rings. The molecule has 0 aliphatic carbocycles. The number of nitrogens with zero attached hydrogens (tertiary/aromatic N) is 1. The van der Waals surface area contributed by atoms with E-state index in [-0.39, 0.29) is 6.61 Å². The van der Waals surface area contributed by atoms with E-state index in [1.807, 2.05) is 4.98 Å². The molecule has 1 aromatic heterocycles. The highest BCUT2D eigenvalue weighted by atomic mass is 31.2. The smallest absolute Gasteiger partial charge is 0.392 e. The van der Waals surface area contributed by atoms with E-state index >= 15 is 0 Å². The number of aliphatic hydroxyl groups excluding tert-OH is 1. The highest BCUT2D eigenvalue weighted by molar-refractivity contribution is 7.47. The molecule has 3 N–H and O–H groups in total. The van der Waals surface area contributed by atoms with Gasteiger partial charge in [0.1, 0.15) is 6.10 Å². The van der Waals surface area contributed by atoms with Gasteiger partial charge in [-0.25, -0.2) is 9.36 Å². The van der Waals surface area contributed by atoms with Crippen molar-refractivity contribution in [2.24, 2.45) is 0 Å². The van der Waals surface area contributed by atoms with Crippen molar-refractivity contribution in [2.75, 3.05) is 27.4 Å². The zero-order valence-corrected chi connectivity index (χ0v) is 14.3. The number of ether oxygens (including phenoxy) is 2. The summed E-state index contributed by atoms with van der Waals surface area (Å²) in [6.07, 6.45) is -1.89. The number of aromatic amines is 1. The summed E-state index contributed by atoms with van der Waals surface area (Å²) >= 11 is 0. The lowest BCUT2D eigenvalue weighted by molar-refractivity contribution is -0.137. The maximum atomic E-state index is 11.8. The van der Waals surface area contributed by atoms with Gasteiger partial charge < -0.3 is 19.5 Å². The second kappa shape index (κ2) is 9.23. The highest BCUT2D eigenvalue weighted by Crippen LogP contribution is 2.44. The Kier molecular flexibility index (Phi) is 7.97. The van der Waals surface area contributed by atoms with E-state index < -0.39 is 44.1 Å². The second-order valence-electron chi connectivity index (χ2n) is 4.75. The topological polar surface area (TPSA) is 149 Å². The van der Waals surface area contributed by atoms with Gasteiger partial charge in [-0.15, -0.1) is 0 Å². The van der Waals surface area contributed by atoms with Crippen molar-refractivity contribution >= 4 is 7.82 Å². The van der Waals surface area contributed by atoms with Gasteiger partial charge in [-0.2, -0.15) is 0 Å². The Bertz CT molecular complexity index is 673. The minimum atomic E-state index is -4.26. The Labute approximate surface area is 137 Å². The fraction of sp³-hybridized carbons (Fsp3) is 0.667. The number of nitrogens with one attached hydrogen (secondary N) is 1. The molecule has 0 aromatic carbocycles. The minimum Gasteiger partial charge on any atom is -0.392 e. The van der Waals surface area contributed by atoms with Crippen molar-refractivity contribution in [3.63, 3.8) is 0 Å². The second-order valence-corrected chi connectivity index (χ2v) is 6.26. The molecule has 0 radical (unpaired) electrons. The molecule has 11 nitrogen and oxygen atoms in total. The Morgan fingerprint density at radius 3 is 2.54 bits per heavy atom. The summed E-state index contributed by atoms with van der Waals surface area (Å²) in [7, 11) is -1.88. The zero-order valence-electron chi connectivity index (χ0n) is 13.4. The first-order valence-electron chi connectivity index (χ1n) is 6.87. The molecule has 0 fully saturated rings. The van der Waals surface area contributed by atoms with E-state index in [0.717, 1.165) is 23.9 Å². The molecule has 138 valence electrons. The summed E-state index contributed by atoms with van der Waals surface area (Å²) in [5.74, 6) is 0. The fourth-order valence-electron chi connectivity index (χ4n) is 1.82. The van der Waals surface area contributed by atoms with Crippen LogP contribution in [0.25, 0.3) is 0 Å². The number of methoxy groups -OCH3 is 1. The standard InChI is InChI=1S/C12H21N2O9P/c1-8(23-24(18,19)21-3)9(7-20-2)22-11(6-15)14-5-4-10(16)13-12(14)17/h4-5,8-9,11,15H,6-7H2,1-3H3,(H,18,19)(H,13,16,17)/t8?,9-,11-/m0/s1. The van der Waals surface area contributed by atoms with Crippen LogP contribution in [0.3, 0.4) is 0 Å². The van der Waals surface area contributed by atoms with Crippen LogP contribution in [0.15, 0.2) is 21.9 Å². The summed E-state index contributed by atoms with van der Waals surface area (Å²) in [6, 6.07) is 1.09. The van der Waals surface area contributed by atoms with E-state index in [0.29, 0.717) is 0 Å². The van der Waals surface area contributed by atoms with Gasteiger partial charge >= 0.3 is 13.5 Å². The number of phosphoric ester groups is 1. The van der Waals surface area contributed by atoms with Gasteiger partial charge in [0.25, 0.3) is 5.56 Å². The van der Waals surface area contributed by atoms with Crippen LogP contribution >= 0.6 is 7.82 Å². The Morgan fingerprint density at radius 2 is 2.04 bits per heavy atom. The number of hydrogen-bond donors (Lipinski definition) is 3. The lowest BCUT2D eigenvalue weighted by atomic mass is 10.2. The van der Waals surface area contributed by atoms with E-state index in [1.165, 1.54) is 14.0 Å². The summed E-state index contributed by atoms with van der Waals surface area (Å²) in [4.78, 5) is 34.3. The normalized spacial score (nSPS) is 17.9. The zero-order chi connectivity index (χ0) is 18.3. The van der Waals surface area contributed by atoms with Crippen molar-refractivity contribution in [1.82, 2.24) is 9.55 Å². The van der Waals surface area contributed by atoms with E-state index in [9.17, 15) is 24.2 Å². The van der Waals surface area contributed by atoms with Crippen molar-refractivity contribution in [3.8, 4) is 0 Å². The van der Waals surface area contributed by atoms with E-state index in [1.54, 1.807) is 0 Å². The lowest BCUT2D eigenvalue weighted by Gasteiger charge is -2.29. The summed E-state index contributed by atoms with van der Waals surface area (Å²) < 4.78 is 32.2. The molecule has 1 aromatic rings. The largest absolute Gasteiger partial charge is 0.472 e. The monoisotopic (exact) mass is 368 g/mol. The minimum absolute atomic E-state index is 0.0561. The van der Waals surface area contributed by atoms with Crippen LogP contribution in [0.1, 0.15) is 13.2 Å². The molecule has 0 amide bonds. The Hall–Kier alpha value is -1.33. The molecule has 12 heteroatoms. The Balaban J connectivity index is 2.97. The van der Waals surface area contributed by atoms with Gasteiger partial charge in [0.05, 0.1) is 19.3 Å². The van der Waals surface area contributed by atoms with Crippen molar-refractivity contribution in [3.05, 3.63) is 33.1 Å². The van der Waals surface area contributed by atoms with E-state index in [4.69, 9.17) is 14.0 Å². The SMILES string of the molecule is COC[C@H](O[C@@H](CO)n1ccc(=O)[nH]c1=O)C(C)OP(=O)(O)OC. The first-order valence-corrected chi connectivity index (χ1v) is 8.37. The van der Waals surface area contributed by atoms with Crippen LogP contribution in [-0.2, 0) is 23.1 Å². The van der Waals surface area contributed by atoms with Gasteiger partial charge in [0.2, 0.25) is 0 Å². The first-order chi connectivity index (χ1) is 11.2. The van der Waals surface area contributed by atoms with Crippen molar-refractivity contribution in [2.45, 2.75) is 25.4 Å². The Morgan fingerprint density at radius 1 is 1.38 bits per heavy atom. The predicted octanol–water partition coefficient (Wildman–Crippen LogP) is -0.789. The number of rotatable bonds is 10. The predicted molar refractivity (Wildman–Crippen MR) is 81.6 cm³/mol. The molecule has 2 unspecified atom stereocenters. The molecule has 0 spiro atoms. The molecule has 0 saturated carbocycles. The summed E-state index contributed by atoms with van der Waals surface area (Å²) in [6.45, 7) is 0.787. The third-order valence-electron chi connectivity index (χ3n) is 3.03. The molecule has 4 atom stereocenters. The lowest BCUT2D eigenvalue weighted by Crippen LogP contribution is -2.40. The van der Waals surface area contributed by atoms with Crippen LogP contribution in [0.4, 0.5) is 0 Å². The van der Waals surface area contributed by atoms with Gasteiger partial charge in [0, 0.05) is 26.5 Å². The molecule has 0 saturated heterocycles. The highest BCUT2D eigenvalue weighted by Gasteiger charge is 2.31. The summed E-state index contributed by atoms with van der Waals surface area (Å²) in [5, 5.41) is 9.46. The van der Waals surface area contributed by atoms with Gasteiger partial charge in [-0.1, -0.05) is 0 Å². The van der Waals surface area contributed by atoms with E-state index in [2.05, 4.69) is 4.52 Å². The average Bonchev–Trinajstić information content (AvgIpc) is 2.51. The number of hydrogen-bond acceptors (Lipinski definition) is 8. The molecule has 24 heavy (non-hydrogen) atoms. The molecule has 0 bridgehead atoms. The van der Waals surface area contributed by atoms with Crippen LogP contribution in [-0.4, -0.2) is 59.2 Å². The number of aliphatic hydroxyl groups is 1. The third kappa shape index (κ3) is 5.95. The van der Waals surface area contributed by atoms with Gasteiger partial charge in [-0.05, 0) is 6.92 Å². The number of H-pyrrole nitrogens is 1. The molecule has 1 heterocycles. The molecular weight excluding hydrogens is 347 g/mol. The van der Waals surface area contributed by atoms with Crippen LogP contribution in [0, 0.1) is 0 Å². The van der Waals surface area contributed by atoms with Crippen LogP contribution < -0.4 is 11.2 Å². The number of phosphoric acid groups is 1. The van der Waals surface area contributed by atoms with Crippen LogP contribution in [0.2, 0.25) is 0 Å². The van der Waals surface area contributed by atoms with Crippen molar-refractivity contribution in [1.29, 1.82) is 0 Å². The molecule has 1 rings (SSSR count). The van der Waals surface area contributed by atoms with Gasteiger partial charge in [0.15, 0.2) is 6.23 Å². The molecular formula is C12H21N2O9P. The fourth-order valence-corrected chi connectivity index (χ4v) is 2.47. The average molecular weight is 368 g/mol. The van der Waals surface area contributed by atoms with Crippen LogP contribution in [0.5, 0.6) is 0 Å². The first kappa shape index (κ1) is 20.7. The van der Waals surface area contributed by atoms with Gasteiger partial charge in [-0.3, -0.25) is 23.4 Å². The van der Waals surface area contributed by atoms with Crippen molar-refractivity contribution < 1.29 is 33.1 Å². The third-order valence-corrected chi connectivity index (χ3v) is 4.09.